The van der Waals surface area contributed by atoms with E-state index in [0.717, 1.165) is 11.5 Å². The topological polar surface area (TPSA) is 171 Å². The second-order valence-corrected chi connectivity index (χ2v) is 10.6. The summed E-state index contributed by atoms with van der Waals surface area (Å²) in [4.78, 5) is 60.2. The summed E-state index contributed by atoms with van der Waals surface area (Å²) >= 11 is 0. The molecule has 2 aromatic heterocycles. The Kier molecular flexibility index (Phi) is 10.5. The third-order valence-electron chi connectivity index (χ3n) is 7.25. The number of aliphatic hydroxyl groups is 1. The Morgan fingerprint density at radius 2 is 1.72 bits per heavy atom. The summed E-state index contributed by atoms with van der Waals surface area (Å²) in [7, 11) is 1.81. The van der Waals surface area contributed by atoms with Gasteiger partial charge < -0.3 is 34.3 Å². The van der Waals surface area contributed by atoms with Gasteiger partial charge in [0.15, 0.2) is 12.3 Å². The van der Waals surface area contributed by atoms with Gasteiger partial charge in [-0.15, -0.1) is 0 Å². The monoisotopic (exact) mass is 643 g/mol. The van der Waals surface area contributed by atoms with E-state index in [2.05, 4.69) is 15.3 Å². The summed E-state index contributed by atoms with van der Waals surface area (Å²) in [5.41, 5.74) is 0.229. The van der Waals surface area contributed by atoms with Gasteiger partial charge in [0.1, 0.15) is 36.6 Å². The number of rotatable bonds is 11. The minimum Gasteiger partial charge on any atom is -0.457 e. The minimum atomic E-state index is -1.53. The number of carbonyl (C=O) groups is 3. The second kappa shape index (κ2) is 15.1. The van der Waals surface area contributed by atoms with E-state index in [1.54, 1.807) is 42.6 Å². The number of aliphatic hydroxyl groups excluding tert-OH is 1. The van der Waals surface area contributed by atoms with Crippen LogP contribution in [0.25, 0.3) is 0 Å². The van der Waals surface area contributed by atoms with Gasteiger partial charge in [0, 0.05) is 31.9 Å². The predicted molar refractivity (Wildman–Crippen MR) is 167 cm³/mol. The minimum absolute atomic E-state index is 0.0200. The van der Waals surface area contributed by atoms with Crippen molar-refractivity contribution in [1.82, 2.24) is 14.5 Å². The zero-order valence-electron chi connectivity index (χ0n) is 25.5. The molecular weight excluding hydrogens is 610 g/mol. The highest BCUT2D eigenvalue weighted by atomic mass is 16.7. The van der Waals surface area contributed by atoms with Crippen LogP contribution in [0.1, 0.15) is 35.2 Å². The standard InChI is InChI=1S/C33H33N5O9/c1-21(39)45-29-25(20-44-33(43)47-24(22-11-5-3-6-12-22)19-37(2)27-15-9-10-17-34-27)46-31(28(29)40)38-18-16-26(36-32(38)42)35-30(41)23-13-7-4-8-14-23/h3-18,24-25,28-29,31,40H,19-20H2,1-2H3,(H,35,36,41,42)/t24?,25-,28-,29-,31-/m1/s1. The summed E-state index contributed by atoms with van der Waals surface area (Å²) in [6.07, 6.45) is -4.19. The summed E-state index contributed by atoms with van der Waals surface area (Å²) in [6, 6.07) is 24.3. The number of amides is 1. The van der Waals surface area contributed by atoms with E-state index in [4.69, 9.17) is 18.9 Å². The Morgan fingerprint density at radius 1 is 1.02 bits per heavy atom. The molecule has 1 amide bonds. The summed E-state index contributed by atoms with van der Waals surface area (Å²) in [5, 5.41) is 13.6. The number of ether oxygens (including phenoxy) is 4. The highest BCUT2D eigenvalue weighted by molar-refractivity contribution is 6.03. The van der Waals surface area contributed by atoms with Crippen LogP contribution >= 0.6 is 0 Å². The van der Waals surface area contributed by atoms with Crippen molar-refractivity contribution in [2.75, 3.05) is 30.4 Å². The lowest BCUT2D eigenvalue weighted by atomic mass is 10.1. The quantitative estimate of drug-likeness (QED) is 0.229. The van der Waals surface area contributed by atoms with E-state index >= 15 is 0 Å². The SMILES string of the molecule is CC(=O)O[C@H]1[C@@H](O)[C@H](n2ccc(NC(=O)c3ccccc3)nc2=O)O[C@@H]1COC(=O)OC(CN(C)c1ccccn1)c1ccccc1. The molecule has 1 aliphatic rings. The Balaban J connectivity index is 1.25. The van der Waals surface area contributed by atoms with Crippen LogP contribution in [0.15, 0.2) is 102 Å². The molecule has 47 heavy (non-hydrogen) atoms. The fourth-order valence-electron chi connectivity index (χ4n) is 4.98. The lowest BCUT2D eigenvalue weighted by Gasteiger charge is -2.25. The summed E-state index contributed by atoms with van der Waals surface area (Å²) in [5.74, 6) is -0.542. The number of esters is 1. The van der Waals surface area contributed by atoms with Gasteiger partial charge in [-0.1, -0.05) is 54.6 Å². The molecule has 1 fully saturated rings. The number of pyridine rings is 1. The maximum atomic E-state index is 12.9. The molecule has 2 N–H and O–H groups in total. The van der Waals surface area contributed by atoms with Gasteiger partial charge in [-0.25, -0.2) is 14.6 Å². The van der Waals surface area contributed by atoms with Gasteiger partial charge >= 0.3 is 17.8 Å². The number of hydrogen-bond donors (Lipinski definition) is 2. The van der Waals surface area contributed by atoms with Crippen molar-refractivity contribution in [3.63, 3.8) is 0 Å². The Morgan fingerprint density at radius 3 is 2.38 bits per heavy atom. The molecule has 0 saturated carbocycles. The van der Waals surface area contributed by atoms with Crippen molar-refractivity contribution in [2.24, 2.45) is 0 Å². The van der Waals surface area contributed by atoms with Crippen LogP contribution in [0, 0.1) is 0 Å². The number of nitrogens with zero attached hydrogens (tertiary/aromatic N) is 4. The fraction of sp³-hybridized carbons (Fsp3) is 0.273. The van der Waals surface area contributed by atoms with Gasteiger partial charge in [-0.05, 0) is 35.9 Å². The number of nitrogens with one attached hydrogen (secondary N) is 1. The van der Waals surface area contributed by atoms with Gasteiger partial charge in [0.05, 0.1) is 6.54 Å². The number of anilines is 2. The van der Waals surface area contributed by atoms with Crippen LogP contribution in [0.3, 0.4) is 0 Å². The van der Waals surface area contributed by atoms with Gasteiger partial charge in [0.2, 0.25) is 0 Å². The molecule has 0 aliphatic carbocycles. The van der Waals surface area contributed by atoms with Crippen LogP contribution in [-0.4, -0.2) is 76.2 Å². The molecule has 14 nitrogen and oxygen atoms in total. The number of likely N-dealkylation sites (N-methyl/N-ethyl adjacent to an activating group) is 1. The van der Waals surface area contributed by atoms with Gasteiger partial charge in [-0.2, -0.15) is 4.98 Å². The zero-order chi connectivity index (χ0) is 33.3. The Labute approximate surface area is 269 Å². The highest BCUT2D eigenvalue weighted by Crippen LogP contribution is 2.31. The average Bonchev–Trinajstić information content (AvgIpc) is 3.38. The van der Waals surface area contributed by atoms with Crippen molar-refractivity contribution in [2.45, 2.75) is 37.6 Å². The normalized spacial score (nSPS) is 19.3. The molecule has 244 valence electrons. The predicted octanol–water partition coefficient (Wildman–Crippen LogP) is 3.11. The van der Waals surface area contributed by atoms with E-state index in [1.165, 1.54) is 12.3 Å². The van der Waals surface area contributed by atoms with Gasteiger partial charge in [-0.3, -0.25) is 14.2 Å². The summed E-state index contributed by atoms with van der Waals surface area (Å²) in [6.45, 7) is 0.923. The van der Waals surface area contributed by atoms with Gasteiger partial charge in [0.25, 0.3) is 5.91 Å². The smallest absolute Gasteiger partial charge is 0.457 e. The van der Waals surface area contributed by atoms with Crippen LogP contribution in [0.2, 0.25) is 0 Å². The molecule has 1 saturated heterocycles. The molecule has 4 aromatic rings. The number of hydrogen-bond acceptors (Lipinski definition) is 12. The largest absolute Gasteiger partial charge is 0.509 e. The lowest BCUT2D eigenvalue weighted by molar-refractivity contribution is -0.154. The van der Waals surface area contributed by atoms with E-state index in [0.29, 0.717) is 16.9 Å². The first-order valence-electron chi connectivity index (χ1n) is 14.7. The van der Waals surface area contributed by atoms with E-state index < -0.39 is 61.0 Å². The third-order valence-corrected chi connectivity index (χ3v) is 7.25. The molecule has 1 aliphatic heterocycles. The zero-order valence-corrected chi connectivity index (χ0v) is 25.5. The van der Waals surface area contributed by atoms with Crippen molar-refractivity contribution in [3.8, 4) is 0 Å². The van der Waals surface area contributed by atoms with E-state index in [-0.39, 0.29) is 12.4 Å². The van der Waals surface area contributed by atoms with Crippen LogP contribution in [0.5, 0.6) is 0 Å². The molecule has 0 spiro atoms. The van der Waals surface area contributed by atoms with Crippen molar-refractivity contribution >= 4 is 29.7 Å². The molecule has 0 radical (unpaired) electrons. The first-order valence-corrected chi connectivity index (χ1v) is 14.7. The van der Waals surface area contributed by atoms with E-state index in [9.17, 15) is 24.3 Å². The van der Waals surface area contributed by atoms with E-state index in [1.807, 2.05) is 54.4 Å². The van der Waals surface area contributed by atoms with Crippen molar-refractivity contribution < 1.29 is 38.4 Å². The van der Waals surface area contributed by atoms with Crippen LogP contribution < -0.4 is 15.9 Å². The average molecular weight is 644 g/mol. The van der Waals surface area contributed by atoms with Crippen LogP contribution in [0.4, 0.5) is 16.4 Å². The molecular formula is C33H33N5O9. The molecule has 5 atom stereocenters. The third kappa shape index (κ3) is 8.36. The maximum absolute atomic E-state index is 12.9. The number of aromatic nitrogens is 3. The van der Waals surface area contributed by atoms with Crippen LogP contribution in [-0.2, 0) is 23.7 Å². The highest BCUT2D eigenvalue weighted by Gasteiger charge is 2.48. The maximum Gasteiger partial charge on any atom is 0.509 e. The first-order chi connectivity index (χ1) is 22.7. The molecule has 14 heteroatoms. The lowest BCUT2D eigenvalue weighted by Crippen LogP contribution is -2.39. The molecule has 2 aromatic carbocycles. The Hall–Kier alpha value is -5.60. The molecule has 0 bridgehead atoms. The fourth-order valence-corrected chi connectivity index (χ4v) is 4.98. The first kappa shape index (κ1) is 32.8. The number of carbonyl (C=O) groups excluding carboxylic acids is 3. The van der Waals surface area contributed by atoms with Crippen molar-refractivity contribution in [3.05, 3.63) is 119 Å². The van der Waals surface area contributed by atoms with Crippen molar-refractivity contribution in [1.29, 1.82) is 0 Å². The summed E-state index contributed by atoms with van der Waals surface area (Å²) < 4.78 is 23.2. The number of benzene rings is 2. The Bertz CT molecular complexity index is 1720. The molecule has 3 heterocycles. The second-order valence-electron chi connectivity index (χ2n) is 10.6. The molecule has 5 rings (SSSR count). The molecule has 1 unspecified atom stereocenters.